The maximum atomic E-state index is 11.9. The lowest BCUT2D eigenvalue weighted by molar-refractivity contribution is -0.166. The van der Waals surface area contributed by atoms with Gasteiger partial charge >= 0.3 is 5.97 Å². The Hall–Kier alpha value is -0.620. The molecule has 2 aliphatic rings. The van der Waals surface area contributed by atoms with Gasteiger partial charge in [0, 0.05) is 0 Å². The van der Waals surface area contributed by atoms with Crippen LogP contribution in [-0.4, -0.2) is 40.7 Å². The van der Waals surface area contributed by atoms with Gasteiger partial charge in [-0.05, 0) is 39.5 Å². The predicted octanol–water partition coefficient (Wildman–Crippen LogP) is 0.568. The Morgan fingerprint density at radius 1 is 1.24 bits per heavy atom. The van der Waals surface area contributed by atoms with Gasteiger partial charge in [-0.25, -0.2) is 8.42 Å². The molecule has 2 N–H and O–H groups in total. The van der Waals surface area contributed by atoms with Gasteiger partial charge < -0.3 is 10.2 Å². The molecule has 0 spiro atoms. The molecule has 2 atom stereocenters. The van der Waals surface area contributed by atoms with Gasteiger partial charge in [0.25, 0.3) is 0 Å². The zero-order valence-electron chi connectivity index (χ0n) is 10.0. The third-order valence-electron chi connectivity index (χ3n) is 4.57. The predicted molar refractivity (Wildman–Crippen MR) is 61.3 cm³/mol. The molecule has 0 aromatic heterocycles. The van der Waals surface area contributed by atoms with Gasteiger partial charge in [-0.1, -0.05) is 0 Å². The molecule has 2 heterocycles. The average Bonchev–Trinajstić information content (AvgIpc) is 2.39. The van der Waals surface area contributed by atoms with Crippen LogP contribution in [0.3, 0.4) is 0 Å². The number of hydrogen-bond acceptors (Lipinski definition) is 4. The first kappa shape index (κ1) is 12.8. The van der Waals surface area contributed by atoms with E-state index in [1.807, 2.05) is 0 Å². The van der Waals surface area contributed by atoms with E-state index < -0.39 is 37.3 Å². The number of aliphatic hydroxyl groups is 1. The number of carbonyl (C=O) groups is 1. The van der Waals surface area contributed by atoms with Crippen molar-refractivity contribution in [2.45, 2.75) is 55.6 Å². The maximum Gasteiger partial charge on any atom is 0.312 e. The molecule has 2 bridgehead atoms. The molecule has 2 saturated heterocycles. The van der Waals surface area contributed by atoms with Crippen molar-refractivity contribution in [3.05, 3.63) is 0 Å². The van der Waals surface area contributed by atoms with Crippen LogP contribution < -0.4 is 0 Å². The minimum Gasteiger partial charge on any atom is -0.481 e. The first-order chi connectivity index (χ1) is 7.61. The molecule has 2 unspecified atom stereocenters. The quantitative estimate of drug-likeness (QED) is 0.759. The van der Waals surface area contributed by atoms with E-state index in [-0.39, 0.29) is 12.8 Å². The van der Waals surface area contributed by atoms with E-state index in [9.17, 15) is 23.4 Å². The number of hydrogen-bond donors (Lipinski definition) is 2. The van der Waals surface area contributed by atoms with Gasteiger partial charge in [-0.15, -0.1) is 0 Å². The summed E-state index contributed by atoms with van der Waals surface area (Å²) >= 11 is 0. The Morgan fingerprint density at radius 3 is 2.00 bits per heavy atom. The zero-order chi connectivity index (χ0) is 13.1. The molecular formula is C11H18O5S. The Labute approximate surface area is 101 Å². The van der Waals surface area contributed by atoms with Crippen LogP contribution in [0.1, 0.15) is 39.5 Å². The number of fused-ring (bicyclic) bond motifs is 2. The van der Waals surface area contributed by atoms with E-state index in [0.29, 0.717) is 12.8 Å². The standard InChI is InChI=1S/C11H18O5S/c1-10(2,9(12)13)11(14)5-7-3-4-8(6-11)17(7,15)16/h7-8,14H,3-6H2,1-2H3,(H,12,13). The molecule has 0 amide bonds. The van der Waals surface area contributed by atoms with Crippen molar-refractivity contribution in [1.29, 1.82) is 0 Å². The smallest absolute Gasteiger partial charge is 0.312 e. The first-order valence-corrected chi connectivity index (χ1v) is 7.41. The second-order valence-electron chi connectivity index (χ2n) is 5.78. The van der Waals surface area contributed by atoms with Crippen molar-refractivity contribution in [3.63, 3.8) is 0 Å². The number of aliphatic carboxylic acids is 1. The van der Waals surface area contributed by atoms with E-state index in [1.54, 1.807) is 0 Å². The fourth-order valence-corrected chi connectivity index (χ4v) is 5.44. The van der Waals surface area contributed by atoms with Crippen LogP contribution in [0.4, 0.5) is 0 Å². The van der Waals surface area contributed by atoms with Gasteiger partial charge in [0.1, 0.15) is 0 Å². The Balaban J connectivity index is 2.37. The Bertz CT molecular complexity index is 430. The van der Waals surface area contributed by atoms with Crippen LogP contribution in [-0.2, 0) is 14.6 Å². The molecule has 2 rings (SSSR count). The summed E-state index contributed by atoms with van der Waals surface area (Å²) in [6.45, 7) is 2.93. The summed E-state index contributed by atoms with van der Waals surface area (Å²) < 4.78 is 23.8. The van der Waals surface area contributed by atoms with Crippen molar-refractivity contribution in [3.8, 4) is 0 Å². The van der Waals surface area contributed by atoms with Crippen LogP contribution >= 0.6 is 0 Å². The number of rotatable bonds is 2. The second kappa shape index (κ2) is 3.45. The Morgan fingerprint density at radius 2 is 1.65 bits per heavy atom. The van der Waals surface area contributed by atoms with Crippen molar-refractivity contribution in [2.24, 2.45) is 5.41 Å². The molecule has 17 heavy (non-hydrogen) atoms. The van der Waals surface area contributed by atoms with Gasteiger partial charge in [-0.3, -0.25) is 4.79 Å². The monoisotopic (exact) mass is 262 g/mol. The number of carboxylic acid groups (broad SMARTS) is 1. The zero-order valence-corrected chi connectivity index (χ0v) is 10.8. The van der Waals surface area contributed by atoms with Crippen LogP contribution in [0.2, 0.25) is 0 Å². The molecule has 6 heteroatoms. The van der Waals surface area contributed by atoms with Crippen LogP contribution in [0.5, 0.6) is 0 Å². The summed E-state index contributed by atoms with van der Waals surface area (Å²) in [5.41, 5.74) is -2.74. The highest BCUT2D eigenvalue weighted by Gasteiger charge is 2.59. The summed E-state index contributed by atoms with van der Waals surface area (Å²) in [5.74, 6) is -1.08. The van der Waals surface area contributed by atoms with Crippen LogP contribution in [0.15, 0.2) is 0 Å². The molecule has 5 nitrogen and oxygen atoms in total. The molecule has 2 aliphatic heterocycles. The maximum absolute atomic E-state index is 11.9. The number of sulfone groups is 1. The molecule has 98 valence electrons. The summed E-state index contributed by atoms with van der Waals surface area (Å²) in [7, 11) is -3.14. The van der Waals surface area contributed by atoms with Gasteiger partial charge in [0.05, 0.1) is 21.5 Å². The molecule has 0 aromatic rings. The fourth-order valence-electron chi connectivity index (χ4n) is 2.95. The third-order valence-corrected chi connectivity index (χ3v) is 7.23. The highest BCUT2D eigenvalue weighted by atomic mass is 32.2. The van der Waals surface area contributed by atoms with E-state index in [0.717, 1.165) is 0 Å². The first-order valence-electron chi connectivity index (χ1n) is 5.80. The lowest BCUT2D eigenvalue weighted by atomic mass is 9.70. The van der Waals surface area contributed by atoms with E-state index in [2.05, 4.69) is 0 Å². The van der Waals surface area contributed by atoms with Gasteiger partial charge in [0.15, 0.2) is 9.84 Å². The highest BCUT2D eigenvalue weighted by Crippen LogP contribution is 2.50. The molecule has 0 saturated carbocycles. The second-order valence-corrected chi connectivity index (χ2v) is 8.29. The lowest BCUT2D eigenvalue weighted by Gasteiger charge is -2.44. The third kappa shape index (κ3) is 1.61. The fraction of sp³-hybridized carbons (Fsp3) is 0.909. The SMILES string of the molecule is CC(C)(C(=O)O)C1(O)CC2CCC(C1)S2(=O)=O. The van der Waals surface area contributed by atoms with Crippen LogP contribution in [0.25, 0.3) is 0 Å². The van der Waals surface area contributed by atoms with E-state index in [4.69, 9.17) is 0 Å². The summed E-state index contributed by atoms with van der Waals surface area (Å²) in [5, 5.41) is 18.6. The number of carboxylic acids is 1. The molecule has 0 aliphatic carbocycles. The summed E-state index contributed by atoms with van der Waals surface area (Å²) in [6.07, 6.45) is 1.19. The summed E-state index contributed by atoms with van der Waals surface area (Å²) in [6, 6.07) is 0. The highest BCUT2D eigenvalue weighted by molar-refractivity contribution is 7.93. The van der Waals surface area contributed by atoms with Crippen LogP contribution in [0, 0.1) is 5.41 Å². The topological polar surface area (TPSA) is 91.7 Å². The lowest BCUT2D eigenvalue weighted by Crippen LogP contribution is -2.56. The molecule has 0 radical (unpaired) electrons. The largest absolute Gasteiger partial charge is 0.481 e. The Kier molecular flexibility index (Phi) is 2.60. The van der Waals surface area contributed by atoms with Crippen molar-refractivity contribution in [2.75, 3.05) is 0 Å². The normalized spacial score (nSPS) is 40.2. The van der Waals surface area contributed by atoms with Crippen molar-refractivity contribution in [1.82, 2.24) is 0 Å². The van der Waals surface area contributed by atoms with E-state index >= 15 is 0 Å². The van der Waals surface area contributed by atoms with Gasteiger partial charge in [-0.2, -0.15) is 0 Å². The molecule has 2 fully saturated rings. The van der Waals surface area contributed by atoms with Gasteiger partial charge in [0.2, 0.25) is 0 Å². The average molecular weight is 262 g/mol. The summed E-state index contributed by atoms with van der Waals surface area (Å²) in [4.78, 5) is 11.2. The van der Waals surface area contributed by atoms with Crippen molar-refractivity contribution < 1.29 is 23.4 Å². The minimum atomic E-state index is -3.14. The van der Waals surface area contributed by atoms with Crippen molar-refractivity contribution >= 4 is 15.8 Å². The molecular weight excluding hydrogens is 244 g/mol. The molecule has 0 aromatic carbocycles. The van der Waals surface area contributed by atoms with E-state index in [1.165, 1.54) is 13.8 Å². The minimum absolute atomic E-state index is 0.0468.